The lowest BCUT2D eigenvalue weighted by Crippen LogP contribution is -2.56. The zero-order chi connectivity index (χ0) is 13.5. The van der Waals surface area contributed by atoms with E-state index < -0.39 is 0 Å². The van der Waals surface area contributed by atoms with Gasteiger partial charge in [0.05, 0.1) is 0 Å². The monoisotopic (exact) mass is 255 g/mol. The van der Waals surface area contributed by atoms with E-state index in [1.165, 1.54) is 39.0 Å². The van der Waals surface area contributed by atoms with Gasteiger partial charge >= 0.3 is 0 Å². The number of nitrogens with zero attached hydrogens (tertiary/aromatic N) is 2. The molecule has 0 bridgehead atoms. The van der Waals surface area contributed by atoms with E-state index in [4.69, 9.17) is 0 Å². The van der Waals surface area contributed by atoms with Crippen molar-refractivity contribution in [1.82, 2.24) is 15.1 Å². The van der Waals surface area contributed by atoms with Gasteiger partial charge in [-0.3, -0.25) is 9.80 Å². The van der Waals surface area contributed by atoms with Crippen LogP contribution in [0.25, 0.3) is 0 Å². The Morgan fingerprint density at radius 2 is 1.94 bits per heavy atom. The second kappa shape index (κ2) is 8.13. The Hall–Kier alpha value is -0.120. The molecule has 3 heteroatoms. The summed E-state index contributed by atoms with van der Waals surface area (Å²) in [5.41, 5.74) is 0. The largest absolute Gasteiger partial charge is 0.313 e. The first-order valence-electron chi connectivity index (χ1n) is 7.79. The van der Waals surface area contributed by atoms with Crippen LogP contribution in [-0.2, 0) is 0 Å². The van der Waals surface area contributed by atoms with Gasteiger partial charge in [-0.25, -0.2) is 0 Å². The first-order chi connectivity index (χ1) is 8.58. The number of piperazine rings is 1. The zero-order valence-corrected chi connectivity index (χ0v) is 13.1. The highest BCUT2D eigenvalue weighted by atomic mass is 15.3. The molecule has 3 nitrogen and oxygen atoms in total. The molecule has 0 radical (unpaired) electrons. The lowest BCUT2D eigenvalue weighted by atomic mass is 10.1. The van der Waals surface area contributed by atoms with Crippen LogP contribution < -0.4 is 5.32 Å². The smallest absolute Gasteiger partial charge is 0.0221 e. The molecule has 0 aromatic rings. The molecule has 1 fully saturated rings. The van der Waals surface area contributed by atoms with Crippen LogP contribution in [0.3, 0.4) is 0 Å². The van der Waals surface area contributed by atoms with Crippen molar-refractivity contribution in [3.05, 3.63) is 0 Å². The molecular formula is C15H33N3. The number of rotatable bonds is 7. The SMILES string of the molecule is CCCC(CNC(C)C)N1CCN(CC)C(C)C1. The summed E-state index contributed by atoms with van der Waals surface area (Å²) in [6.07, 6.45) is 2.60. The average Bonchev–Trinajstić information content (AvgIpc) is 2.34. The van der Waals surface area contributed by atoms with E-state index in [9.17, 15) is 0 Å². The molecule has 2 unspecified atom stereocenters. The molecule has 1 rings (SSSR count). The fourth-order valence-corrected chi connectivity index (χ4v) is 2.94. The minimum Gasteiger partial charge on any atom is -0.313 e. The summed E-state index contributed by atoms with van der Waals surface area (Å²) in [6, 6.07) is 2.03. The predicted octanol–water partition coefficient (Wildman–Crippen LogP) is 2.18. The molecule has 0 saturated carbocycles. The Morgan fingerprint density at radius 3 is 2.44 bits per heavy atom. The van der Waals surface area contributed by atoms with Crippen molar-refractivity contribution >= 4 is 0 Å². The summed E-state index contributed by atoms with van der Waals surface area (Å²) in [6.45, 7) is 17.5. The van der Waals surface area contributed by atoms with Gasteiger partial charge in [-0.2, -0.15) is 0 Å². The predicted molar refractivity (Wildman–Crippen MR) is 80.1 cm³/mol. The lowest BCUT2D eigenvalue weighted by Gasteiger charge is -2.43. The van der Waals surface area contributed by atoms with Gasteiger partial charge in [0.2, 0.25) is 0 Å². The molecular weight excluding hydrogens is 222 g/mol. The molecule has 1 aliphatic heterocycles. The second-order valence-corrected chi connectivity index (χ2v) is 5.98. The quantitative estimate of drug-likeness (QED) is 0.752. The maximum atomic E-state index is 3.61. The molecule has 1 saturated heterocycles. The molecule has 1 heterocycles. The van der Waals surface area contributed by atoms with Crippen LogP contribution in [0.1, 0.15) is 47.5 Å². The van der Waals surface area contributed by atoms with Gasteiger partial charge in [-0.1, -0.05) is 34.1 Å². The Bertz CT molecular complexity index is 218. The van der Waals surface area contributed by atoms with E-state index in [1.54, 1.807) is 0 Å². The maximum absolute atomic E-state index is 3.61. The maximum Gasteiger partial charge on any atom is 0.0221 e. The third-order valence-electron chi connectivity index (χ3n) is 4.10. The van der Waals surface area contributed by atoms with Crippen molar-refractivity contribution in [3.8, 4) is 0 Å². The average molecular weight is 255 g/mol. The summed E-state index contributed by atoms with van der Waals surface area (Å²) >= 11 is 0. The summed E-state index contributed by atoms with van der Waals surface area (Å²) in [5.74, 6) is 0. The topological polar surface area (TPSA) is 18.5 Å². The number of nitrogens with one attached hydrogen (secondary N) is 1. The molecule has 18 heavy (non-hydrogen) atoms. The van der Waals surface area contributed by atoms with Crippen molar-refractivity contribution in [2.45, 2.75) is 65.6 Å². The van der Waals surface area contributed by atoms with Crippen LogP contribution in [-0.4, -0.2) is 60.6 Å². The van der Waals surface area contributed by atoms with Crippen molar-refractivity contribution in [2.75, 3.05) is 32.7 Å². The van der Waals surface area contributed by atoms with Gasteiger partial charge in [-0.05, 0) is 19.9 Å². The number of hydrogen-bond donors (Lipinski definition) is 1. The van der Waals surface area contributed by atoms with Gasteiger partial charge in [0.15, 0.2) is 0 Å². The fourth-order valence-electron chi connectivity index (χ4n) is 2.94. The summed E-state index contributed by atoms with van der Waals surface area (Å²) in [7, 11) is 0. The fraction of sp³-hybridized carbons (Fsp3) is 1.00. The van der Waals surface area contributed by atoms with Gasteiger partial charge in [0, 0.05) is 44.3 Å². The first kappa shape index (κ1) is 15.9. The lowest BCUT2D eigenvalue weighted by molar-refractivity contribution is 0.0549. The van der Waals surface area contributed by atoms with Gasteiger partial charge in [0.25, 0.3) is 0 Å². The van der Waals surface area contributed by atoms with E-state index in [2.05, 4.69) is 49.7 Å². The Labute approximate surface area is 114 Å². The minimum absolute atomic E-state index is 0.596. The molecule has 1 aliphatic rings. The molecule has 2 atom stereocenters. The molecule has 0 aromatic heterocycles. The highest BCUT2D eigenvalue weighted by molar-refractivity contribution is 4.84. The molecule has 0 amide bonds. The number of likely N-dealkylation sites (N-methyl/N-ethyl adjacent to an activating group) is 1. The summed E-state index contributed by atoms with van der Waals surface area (Å²) < 4.78 is 0. The normalized spacial score (nSPS) is 24.7. The van der Waals surface area contributed by atoms with Crippen molar-refractivity contribution in [3.63, 3.8) is 0 Å². The van der Waals surface area contributed by atoms with Crippen LogP contribution in [0.4, 0.5) is 0 Å². The third-order valence-corrected chi connectivity index (χ3v) is 4.10. The van der Waals surface area contributed by atoms with Crippen molar-refractivity contribution < 1.29 is 0 Å². The van der Waals surface area contributed by atoms with Crippen LogP contribution >= 0.6 is 0 Å². The highest BCUT2D eigenvalue weighted by Crippen LogP contribution is 2.14. The molecule has 0 spiro atoms. The molecule has 1 N–H and O–H groups in total. The van der Waals surface area contributed by atoms with E-state index in [0.717, 1.165) is 12.6 Å². The molecule has 0 aliphatic carbocycles. The minimum atomic E-state index is 0.596. The van der Waals surface area contributed by atoms with Gasteiger partial charge < -0.3 is 5.32 Å². The van der Waals surface area contributed by atoms with E-state index in [1.807, 2.05) is 0 Å². The van der Waals surface area contributed by atoms with E-state index in [0.29, 0.717) is 12.1 Å². The number of hydrogen-bond acceptors (Lipinski definition) is 3. The Balaban J connectivity index is 2.47. The van der Waals surface area contributed by atoms with Crippen LogP contribution in [0.5, 0.6) is 0 Å². The summed E-state index contributed by atoms with van der Waals surface area (Å²) in [5, 5.41) is 3.61. The van der Waals surface area contributed by atoms with Gasteiger partial charge in [0.1, 0.15) is 0 Å². The van der Waals surface area contributed by atoms with Crippen molar-refractivity contribution in [2.24, 2.45) is 0 Å². The van der Waals surface area contributed by atoms with E-state index >= 15 is 0 Å². The van der Waals surface area contributed by atoms with Gasteiger partial charge in [-0.15, -0.1) is 0 Å². The highest BCUT2D eigenvalue weighted by Gasteiger charge is 2.26. The van der Waals surface area contributed by atoms with Crippen molar-refractivity contribution in [1.29, 1.82) is 0 Å². The third kappa shape index (κ3) is 4.87. The van der Waals surface area contributed by atoms with Crippen LogP contribution in [0, 0.1) is 0 Å². The Kier molecular flexibility index (Phi) is 7.20. The summed E-state index contributed by atoms with van der Waals surface area (Å²) in [4.78, 5) is 5.30. The first-order valence-corrected chi connectivity index (χ1v) is 7.79. The van der Waals surface area contributed by atoms with Crippen LogP contribution in [0.15, 0.2) is 0 Å². The van der Waals surface area contributed by atoms with Crippen LogP contribution in [0.2, 0.25) is 0 Å². The second-order valence-electron chi connectivity index (χ2n) is 5.98. The molecule has 108 valence electrons. The molecule has 0 aromatic carbocycles. The Morgan fingerprint density at radius 1 is 1.22 bits per heavy atom. The zero-order valence-electron chi connectivity index (χ0n) is 13.1. The standard InChI is InChI=1S/C15H33N3/c1-6-8-15(11-16-13(3)4)18-10-9-17(7-2)14(5)12-18/h13-16H,6-12H2,1-5H3. The van der Waals surface area contributed by atoms with E-state index in [-0.39, 0.29) is 0 Å².